The summed E-state index contributed by atoms with van der Waals surface area (Å²) in [6.07, 6.45) is 1.77. The van der Waals surface area contributed by atoms with Crippen LogP contribution in [-0.4, -0.2) is 26.0 Å². The predicted octanol–water partition coefficient (Wildman–Crippen LogP) is 1.50. The lowest BCUT2D eigenvalue weighted by Crippen LogP contribution is -2.47. The Bertz CT molecular complexity index is 593. The number of halogens is 1. The Morgan fingerprint density at radius 1 is 1.30 bits per heavy atom. The summed E-state index contributed by atoms with van der Waals surface area (Å²) in [4.78, 5) is 11.1. The van der Waals surface area contributed by atoms with Crippen molar-refractivity contribution in [3.05, 3.63) is 35.6 Å². The van der Waals surface area contributed by atoms with Crippen molar-refractivity contribution in [2.75, 3.05) is 6.54 Å². The van der Waals surface area contributed by atoms with Crippen LogP contribution in [0.5, 0.6) is 0 Å². The van der Waals surface area contributed by atoms with Gasteiger partial charge in [-0.25, -0.2) is 17.5 Å². The number of carboxylic acid groups (broad SMARTS) is 1. The SMILES string of the molecule is O=C(O)C1(CNS(=O)(=O)Cc2ccc(F)cc2)CCC1. The number of hydrogen-bond acceptors (Lipinski definition) is 3. The van der Waals surface area contributed by atoms with Gasteiger partial charge in [0.1, 0.15) is 5.82 Å². The predicted molar refractivity (Wildman–Crippen MR) is 70.9 cm³/mol. The molecule has 0 heterocycles. The van der Waals surface area contributed by atoms with E-state index in [-0.39, 0.29) is 12.3 Å². The summed E-state index contributed by atoms with van der Waals surface area (Å²) in [5, 5.41) is 9.12. The van der Waals surface area contributed by atoms with Gasteiger partial charge in [-0.05, 0) is 30.5 Å². The van der Waals surface area contributed by atoms with E-state index in [1.54, 1.807) is 0 Å². The topological polar surface area (TPSA) is 83.5 Å². The van der Waals surface area contributed by atoms with Gasteiger partial charge in [0.2, 0.25) is 10.0 Å². The van der Waals surface area contributed by atoms with Crippen LogP contribution in [0.4, 0.5) is 4.39 Å². The molecule has 0 saturated heterocycles. The van der Waals surface area contributed by atoms with Gasteiger partial charge in [0, 0.05) is 6.54 Å². The maximum Gasteiger partial charge on any atom is 0.310 e. The van der Waals surface area contributed by atoms with Gasteiger partial charge in [-0.15, -0.1) is 0 Å². The van der Waals surface area contributed by atoms with E-state index in [2.05, 4.69) is 4.72 Å². The molecule has 110 valence electrons. The number of rotatable bonds is 6. The van der Waals surface area contributed by atoms with Crippen molar-refractivity contribution >= 4 is 16.0 Å². The fourth-order valence-electron chi connectivity index (χ4n) is 2.17. The van der Waals surface area contributed by atoms with Gasteiger partial charge in [0.25, 0.3) is 0 Å². The number of hydrogen-bond donors (Lipinski definition) is 2. The largest absolute Gasteiger partial charge is 0.481 e. The third-order valence-corrected chi connectivity index (χ3v) is 4.96. The van der Waals surface area contributed by atoms with E-state index in [4.69, 9.17) is 5.11 Å². The van der Waals surface area contributed by atoms with Crippen molar-refractivity contribution in [2.24, 2.45) is 5.41 Å². The molecule has 20 heavy (non-hydrogen) atoms. The molecule has 0 aromatic heterocycles. The van der Waals surface area contributed by atoms with Gasteiger partial charge in [-0.3, -0.25) is 4.79 Å². The van der Waals surface area contributed by atoms with Crippen molar-refractivity contribution < 1.29 is 22.7 Å². The molecule has 1 aromatic carbocycles. The molecule has 0 atom stereocenters. The van der Waals surface area contributed by atoms with Gasteiger partial charge in [-0.1, -0.05) is 18.6 Å². The first-order valence-electron chi connectivity index (χ1n) is 6.28. The van der Waals surface area contributed by atoms with Gasteiger partial charge in [0.05, 0.1) is 11.2 Å². The van der Waals surface area contributed by atoms with Crippen LogP contribution in [0.25, 0.3) is 0 Å². The number of nitrogens with one attached hydrogen (secondary N) is 1. The number of carboxylic acids is 1. The molecular weight excluding hydrogens is 285 g/mol. The smallest absolute Gasteiger partial charge is 0.310 e. The number of benzene rings is 1. The summed E-state index contributed by atoms with van der Waals surface area (Å²) in [7, 11) is -3.63. The molecule has 0 spiro atoms. The molecule has 7 heteroatoms. The fraction of sp³-hybridized carbons (Fsp3) is 0.462. The van der Waals surface area contributed by atoms with Gasteiger partial charge < -0.3 is 5.11 Å². The Morgan fingerprint density at radius 2 is 1.90 bits per heavy atom. The van der Waals surface area contributed by atoms with Crippen molar-refractivity contribution in [3.8, 4) is 0 Å². The van der Waals surface area contributed by atoms with E-state index >= 15 is 0 Å². The molecule has 0 amide bonds. The molecule has 2 rings (SSSR count). The maximum absolute atomic E-state index is 12.7. The summed E-state index contributed by atoms with van der Waals surface area (Å²) in [6.45, 7) is -0.0914. The molecule has 5 nitrogen and oxygen atoms in total. The second-order valence-corrected chi connectivity index (χ2v) is 6.95. The zero-order valence-electron chi connectivity index (χ0n) is 10.8. The minimum absolute atomic E-state index is 0.0914. The average Bonchev–Trinajstić information content (AvgIpc) is 2.30. The third-order valence-electron chi connectivity index (χ3n) is 3.66. The minimum Gasteiger partial charge on any atom is -0.481 e. The zero-order chi connectivity index (χ0) is 14.8. The molecule has 1 aliphatic rings. The highest BCUT2D eigenvalue weighted by molar-refractivity contribution is 7.88. The van der Waals surface area contributed by atoms with Crippen molar-refractivity contribution in [1.82, 2.24) is 4.72 Å². The second-order valence-electron chi connectivity index (χ2n) is 5.15. The highest BCUT2D eigenvalue weighted by atomic mass is 32.2. The van der Waals surface area contributed by atoms with Gasteiger partial charge in [0.15, 0.2) is 0 Å². The van der Waals surface area contributed by atoms with Crippen LogP contribution in [0, 0.1) is 11.2 Å². The lowest BCUT2D eigenvalue weighted by Gasteiger charge is -2.37. The lowest BCUT2D eigenvalue weighted by molar-refractivity contribution is -0.153. The Labute approximate surface area is 116 Å². The molecule has 1 saturated carbocycles. The van der Waals surface area contributed by atoms with E-state index in [0.29, 0.717) is 18.4 Å². The third kappa shape index (κ3) is 3.34. The summed E-state index contributed by atoms with van der Waals surface area (Å²) in [6, 6.07) is 5.17. The maximum atomic E-state index is 12.7. The summed E-state index contributed by atoms with van der Waals surface area (Å²) < 4.78 is 38.9. The molecular formula is C13H16FNO4S. The fourth-order valence-corrected chi connectivity index (χ4v) is 3.40. The quantitative estimate of drug-likeness (QED) is 0.834. The average molecular weight is 301 g/mol. The second kappa shape index (κ2) is 5.49. The van der Waals surface area contributed by atoms with Crippen molar-refractivity contribution in [1.29, 1.82) is 0 Å². The van der Waals surface area contributed by atoms with Crippen LogP contribution in [0.2, 0.25) is 0 Å². The molecule has 1 aliphatic carbocycles. The van der Waals surface area contributed by atoms with E-state index in [1.807, 2.05) is 0 Å². The highest BCUT2D eigenvalue weighted by Gasteiger charge is 2.44. The van der Waals surface area contributed by atoms with Crippen molar-refractivity contribution in [3.63, 3.8) is 0 Å². The molecule has 0 radical (unpaired) electrons. The summed E-state index contributed by atoms with van der Waals surface area (Å²) in [5.74, 6) is -1.69. The van der Waals surface area contributed by atoms with E-state index in [1.165, 1.54) is 24.3 Å². The van der Waals surface area contributed by atoms with E-state index in [9.17, 15) is 17.6 Å². The van der Waals surface area contributed by atoms with E-state index < -0.39 is 27.2 Å². The standard InChI is InChI=1S/C13H16FNO4S/c14-11-4-2-10(3-5-11)8-20(18,19)15-9-13(12(16)17)6-1-7-13/h2-5,15H,1,6-9H2,(H,16,17). The van der Waals surface area contributed by atoms with Gasteiger partial charge >= 0.3 is 5.97 Å². The highest BCUT2D eigenvalue weighted by Crippen LogP contribution is 2.40. The molecule has 2 N–H and O–H groups in total. The van der Waals surface area contributed by atoms with Gasteiger partial charge in [-0.2, -0.15) is 0 Å². The molecule has 0 aliphatic heterocycles. The summed E-state index contributed by atoms with van der Waals surface area (Å²) in [5.41, 5.74) is -0.507. The zero-order valence-corrected chi connectivity index (χ0v) is 11.6. The monoisotopic (exact) mass is 301 g/mol. The first kappa shape index (κ1) is 14.9. The lowest BCUT2D eigenvalue weighted by atomic mass is 9.69. The molecule has 0 bridgehead atoms. The first-order chi connectivity index (χ1) is 9.33. The normalized spacial score (nSPS) is 17.4. The van der Waals surface area contributed by atoms with Crippen LogP contribution < -0.4 is 4.72 Å². The molecule has 0 unspecified atom stereocenters. The van der Waals surface area contributed by atoms with Crippen LogP contribution in [0.3, 0.4) is 0 Å². The Morgan fingerprint density at radius 3 is 2.35 bits per heavy atom. The summed E-state index contributed by atoms with van der Waals surface area (Å²) >= 11 is 0. The van der Waals surface area contributed by atoms with Crippen LogP contribution >= 0.6 is 0 Å². The number of sulfonamides is 1. The Kier molecular flexibility index (Phi) is 4.10. The Balaban J connectivity index is 1.97. The molecule has 1 fully saturated rings. The van der Waals surface area contributed by atoms with Crippen LogP contribution in [0.1, 0.15) is 24.8 Å². The number of aliphatic carboxylic acids is 1. The Hall–Kier alpha value is -1.47. The van der Waals surface area contributed by atoms with Crippen molar-refractivity contribution in [2.45, 2.75) is 25.0 Å². The van der Waals surface area contributed by atoms with E-state index in [0.717, 1.165) is 6.42 Å². The molecule has 1 aromatic rings. The van der Waals surface area contributed by atoms with Crippen LogP contribution in [0.15, 0.2) is 24.3 Å². The first-order valence-corrected chi connectivity index (χ1v) is 7.93. The van der Waals surface area contributed by atoms with Crippen LogP contribution in [-0.2, 0) is 20.6 Å². The number of carbonyl (C=O) groups is 1. The minimum atomic E-state index is -3.63.